The molecule has 0 saturated heterocycles. The van der Waals surface area contributed by atoms with E-state index in [2.05, 4.69) is 5.32 Å². The average molecular weight is 508 g/mol. The Morgan fingerprint density at radius 1 is 1.03 bits per heavy atom. The minimum atomic E-state index is -3.48. The Bertz CT molecular complexity index is 1340. The molecule has 188 valence electrons. The topological polar surface area (TPSA) is 96.0 Å². The lowest BCUT2D eigenvalue weighted by molar-refractivity contribution is -0.127. The minimum Gasteiger partial charge on any atom is -0.477 e. The van der Waals surface area contributed by atoms with Gasteiger partial charge in [-0.15, -0.1) is 0 Å². The van der Waals surface area contributed by atoms with Crippen LogP contribution in [0.3, 0.4) is 0 Å². The van der Waals surface area contributed by atoms with Crippen LogP contribution in [0.5, 0.6) is 5.75 Å². The zero-order chi connectivity index (χ0) is 25.7. The van der Waals surface area contributed by atoms with E-state index in [0.717, 1.165) is 5.56 Å². The summed E-state index contributed by atoms with van der Waals surface area (Å²) >= 11 is 0. The molecule has 0 fully saturated rings. The van der Waals surface area contributed by atoms with E-state index in [4.69, 9.17) is 4.74 Å². The smallest absolute Gasteiger partial charge is 0.262 e. The Hall–Kier alpha value is -3.85. The van der Waals surface area contributed by atoms with Gasteiger partial charge in [0.15, 0.2) is 6.10 Å². The molecule has 1 unspecified atom stereocenters. The summed E-state index contributed by atoms with van der Waals surface area (Å²) < 4.78 is 31.7. The molecule has 8 nitrogen and oxygen atoms in total. The van der Waals surface area contributed by atoms with Crippen molar-refractivity contribution in [1.82, 2.24) is 5.32 Å². The minimum absolute atomic E-state index is 0.0281. The van der Waals surface area contributed by atoms with Crippen LogP contribution in [0.25, 0.3) is 0 Å². The first-order valence-corrected chi connectivity index (χ1v) is 13.4. The molecule has 3 aromatic carbocycles. The SMILES string of the molecule is CCS(=O)(=O)N(C)c1cccc(C(=O)N2CC(C(=O)NCCc3ccccc3)Oc3ccccc32)c1. The van der Waals surface area contributed by atoms with Crippen molar-refractivity contribution in [3.8, 4) is 5.75 Å². The Labute approximate surface area is 211 Å². The summed E-state index contributed by atoms with van der Waals surface area (Å²) in [6.45, 7) is 2.04. The lowest BCUT2D eigenvalue weighted by atomic mass is 10.1. The highest BCUT2D eigenvalue weighted by Gasteiger charge is 2.34. The fourth-order valence-electron chi connectivity index (χ4n) is 4.00. The van der Waals surface area contributed by atoms with E-state index in [-0.39, 0.29) is 24.1 Å². The van der Waals surface area contributed by atoms with Gasteiger partial charge in [0.25, 0.3) is 11.8 Å². The molecule has 1 atom stereocenters. The molecule has 36 heavy (non-hydrogen) atoms. The van der Waals surface area contributed by atoms with Crippen molar-refractivity contribution < 1.29 is 22.7 Å². The van der Waals surface area contributed by atoms with Crippen LogP contribution in [0.2, 0.25) is 0 Å². The second-order valence-corrected chi connectivity index (χ2v) is 10.7. The fourth-order valence-corrected chi connectivity index (χ4v) is 4.82. The maximum atomic E-state index is 13.6. The molecule has 2 amide bonds. The molecule has 4 rings (SSSR count). The third-order valence-electron chi connectivity index (χ3n) is 6.11. The van der Waals surface area contributed by atoms with E-state index < -0.39 is 16.1 Å². The molecule has 0 saturated carbocycles. The third kappa shape index (κ3) is 5.52. The monoisotopic (exact) mass is 507 g/mol. The number of amides is 2. The molecule has 9 heteroatoms. The van der Waals surface area contributed by atoms with Gasteiger partial charge in [-0.2, -0.15) is 0 Å². The number of sulfonamides is 1. The van der Waals surface area contributed by atoms with Crippen LogP contribution >= 0.6 is 0 Å². The molecule has 1 aliphatic heterocycles. The molecule has 0 spiro atoms. The summed E-state index contributed by atoms with van der Waals surface area (Å²) in [7, 11) is -2.02. The van der Waals surface area contributed by atoms with E-state index in [1.165, 1.54) is 16.3 Å². The zero-order valence-electron chi connectivity index (χ0n) is 20.3. The summed E-state index contributed by atoms with van der Waals surface area (Å²) in [6, 6.07) is 23.3. The highest BCUT2D eigenvalue weighted by atomic mass is 32.2. The lowest BCUT2D eigenvalue weighted by Gasteiger charge is -2.34. The van der Waals surface area contributed by atoms with Crippen molar-refractivity contribution >= 4 is 33.2 Å². The number of ether oxygens (including phenoxy) is 1. The van der Waals surface area contributed by atoms with Crippen LogP contribution in [0.15, 0.2) is 78.9 Å². The zero-order valence-corrected chi connectivity index (χ0v) is 21.1. The average Bonchev–Trinajstić information content (AvgIpc) is 2.92. The van der Waals surface area contributed by atoms with Gasteiger partial charge in [-0.05, 0) is 49.2 Å². The normalized spacial score (nSPS) is 14.9. The molecule has 3 aromatic rings. The number of carbonyl (C=O) groups excluding carboxylic acids is 2. The lowest BCUT2D eigenvalue weighted by Crippen LogP contribution is -2.51. The van der Waals surface area contributed by atoms with Gasteiger partial charge in [0.05, 0.1) is 23.7 Å². The highest BCUT2D eigenvalue weighted by molar-refractivity contribution is 7.92. The molecule has 1 heterocycles. The molecule has 0 aliphatic carbocycles. The van der Waals surface area contributed by atoms with Crippen LogP contribution in [0.4, 0.5) is 11.4 Å². The van der Waals surface area contributed by atoms with E-state index in [1.54, 1.807) is 55.5 Å². The predicted molar refractivity (Wildman–Crippen MR) is 140 cm³/mol. The number of rotatable bonds is 8. The third-order valence-corrected chi connectivity index (χ3v) is 7.88. The summed E-state index contributed by atoms with van der Waals surface area (Å²) in [5.41, 5.74) is 2.36. The quantitative estimate of drug-likeness (QED) is 0.505. The number of para-hydroxylation sites is 2. The largest absolute Gasteiger partial charge is 0.477 e. The molecule has 0 radical (unpaired) electrons. The second kappa shape index (κ2) is 10.8. The predicted octanol–water partition coefficient (Wildman–Crippen LogP) is 3.24. The van der Waals surface area contributed by atoms with Crippen molar-refractivity contribution in [3.63, 3.8) is 0 Å². The molecule has 0 aromatic heterocycles. The van der Waals surface area contributed by atoms with Crippen molar-refractivity contribution in [2.24, 2.45) is 0 Å². The van der Waals surface area contributed by atoms with Gasteiger partial charge in [0, 0.05) is 19.2 Å². The number of fused-ring (bicyclic) bond motifs is 1. The van der Waals surface area contributed by atoms with Gasteiger partial charge >= 0.3 is 0 Å². The van der Waals surface area contributed by atoms with Gasteiger partial charge in [-0.25, -0.2) is 8.42 Å². The van der Waals surface area contributed by atoms with E-state index in [0.29, 0.717) is 35.7 Å². The standard InChI is InChI=1S/C27H29N3O5S/c1-3-36(33,34)29(2)22-13-9-12-21(18-22)27(32)30-19-25(35-24-15-8-7-14-23(24)30)26(31)28-17-16-20-10-5-4-6-11-20/h4-15,18,25H,3,16-17,19H2,1-2H3,(H,28,31). The summed E-state index contributed by atoms with van der Waals surface area (Å²) in [5.74, 6) is -0.278. The summed E-state index contributed by atoms with van der Waals surface area (Å²) in [4.78, 5) is 28.0. The van der Waals surface area contributed by atoms with Crippen LogP contribution in [0.1, 0.15) is 22.8 Å². The molecule has 1 aliphatic rings. The fraction of sp³-hybridized carbons (Fsp3) is 0.259. The Kier molecular flexibility index (Phi) is 7.59. The summed E-state index contributed by atoms with van der Waals surface area (Å²) in [6.07, 6.45) is -0.203. The number of benzene rings is 3. The van der Waals surface area contributed by atoms with Crippen molar-refractivity contribution in [1.29, 1.82) is 0 Å². The van der Waals surface area contributed by atoms with Gasteiger partial charge in [0.1, 0.15) is 5.75 Å². The number of anilines is 2. The van der Waals surface area contributed by atoms with Crippen molar-refractivity contribution in [2.75, 3.05) is 35.1 Å². The number of nitrogens with one attached hydrogen (secondary N) is 1. The first-order valence-electron chi connectivity index (χ1n) is 11.8. The van der Waals surface area contributed by atoms with Crippen molar-refractivity contribution in [2.45, 2.75) is 19.4 Å². The number of hydrogen-bond acceptors (Lipinski definition) is 5. The highest BCUT2D eigenvalue weighted by Crippen LogP contribution is 2.34. The van der Waals surface area contributed by atoms with E-state index >= 15 is 0 Å². The van der Waals surface area contributed by atoms with E-state index in [9.17, 15) is 18.0 Å². The second-order valence-electron chi connectivity index (χ2n) is 8.43. The van der Waals surface area contributed by atoms with Crippen LogP contribution in [0, 0.1) is 0 Å². The molecular weight excluding hydrogens is 478 g/mol. The first kappa shape index (κ1) is 25.2. The number of carbonyl (C=O) groups is 2. The van der Waals surface area contributed by atoms with Gasteiger partial charge < -0.3 is 15.0 Å². The van der Waals surface area contributed by atoms with Gasteiger partial charge in [-0.3, -0.25) is 13.9 Å². The molecule has 1 N–H and O–H groups in total. The Morgan fingerprint density at radius 3 is 2.50 bits per heavy atom. The van der Waals surface area contributed by atoms with Gasteiger partial charge in [-0.1, -0.05) is 48.5 Å². The molecular formula is C27H29N3O5S. The van der Waals surface area contributed by atoms with Crippen LogP contribution in [-0.2, 0) is 21.2 Å². The van der Waals surface area contributed by atoms with Crippen LogP contribution < -0.4 is 19.3 Å². The maximum absolute atomic E-state index is 13.6. The van der Waals surface area contributed by atoms with E-state index in [1.807, 2.05) is 30.3 Å². The number of hydrogen-bond donors (Lipinski definition) is 1. The Morgan fingerprint density at radius 2 is 1.75 bits per heavy atom. The Balaban J connectivity index is 1.53. The first-order chi connectivity index (χ1) is 17.3. The van der Waals surface area contributed by atoms with Crippen molar-refractivity contribution in [3.05, 3.63) is 90.0 Å². The number of nitrogens with zero attached hydrogens (tertiary/aromatic N) is 2. The maximum Gasteiger partial charge on any atom is 0.262 e. The van der Waals surface area contributed by atoms with Gasteiger partial charge in [0.2, 0.25) is 10.0 Å². The molecule has 0 bridgehead atoms. The summed E-state index contributed by atoms with van der Waals surface area (Å²) in [5, 5.41) is 2.90. The van der Waals surface area contributed by atoms with Crippen LogP contribution in [-0.4, -0.2) is 52.2 Å².